The fourth-order valence-corrected chi connectivity index (χ4v) is 1.44. The second kappa shape index (κ2) is 4.57. The quantitative estimate of drug-likeness (QED) is 0.690. The van der Waals surface area contributed by atoms with Gasteiger partial charge in [0, 0.05) is 12.2 Å². The molecule has 0 fully saturated rings. The van der Waals surface area contributed by atoms with Crippen molar-refractivity contribution in [3.05, 3.63) is 54.1 Å². The van der Waals surface area contributed by atoms with Gasteiger partial charge in [-0.3, -0.25) is 0 Å². The van der Waals surface area contributed by atoms with Crippen molar-refractivity contribution < 1.29 is 10.2 Å². The molecule has 2 aromatic rings. The van der Waals surface area contributed by atoms with Gasteiger partial charge < -0.3 is 15.5 Å². The summed E-state index contributed by atoms with van der Waals surface area (Å²) in [5.74, 6) is -0.184. The summed E-state index contributed by atoms with van der Waals surface area (Å²) in [4.78, 5) is 0. The first-order valence-electron chi connectivity index (χ1n) is 5.05. The van der Waals surface area contributed by atoms with Crippen molar-refractivity contribution in [3.63, 3.8) is 0 Å². The first kappa shape index (κ1) is 10.4. The Morgan fingerprint density at radius 3 is 2.31 bits per heavy atom. The molecule has 2 rings (SSSR count). The van der Waals surface area contributed by atoms with Gasteiger partial charge in [-0.25, -0.2) is 0 Å². The van der Waals surface area contributed by atoms with Gasteiger partial charge in [-0.05, 0) is 29.8 Å². The van der Waals surface area contributed by atoms with E-state index in [4.69, 9.17) is 5.11 Å². The second-order valence-electron chi connectivity index (χ2n) is 3.54. The van der Waals surface area contributed by atoms with Gasteiger partial charge in [0.15, 0.2) is 11.5 Å². The molecular formula is C13H13NO2. The summed E-state index contributed by atoms with van der Waals surface area (Å²) >= 11 is 0. The molecule has 0 aliphatic rings. The molecule has 3 nitrogen and oxygen atoms in total. The van der Waals surface area contributed by atoms with Gasteiger partial charge >= 0.3 is 0 Å². The molecule has 0 saturated heterocycles. The van der Waals surface area contributed by atoms with E-state index in [1.54, 1.807) is 12.1 Å². The molecule has 2 aromatic carbocycles. The van der Waals surface area contributed by atoms with Gasteiger partial charge in [0.05, 0.1) is 0 Å². The highest BCUT2D eigenvalue weighted by atomic mass is 16.3. The minimum atomic E-state index is -0.0940. The highest BCUT2D eigenvalue weighted by Crippen LogP contribution is 2.25. The summed E-state index contributed by atoms with van der Waals surface area (Å²) in [7, 11) is 0. The zero-order valence-electron chi connectivity index (χ0n) is 8.72. The molecule has 0 spiro atoms. The van der Waals surface area contributed by atoms with Crippen LogP contribution in [0.3, 0.4) is 0 Å². The Kier molecular flexibility index (Phi) is 2.96. The number of phenols is 2. The van der Waals surface area contributed by atoms with Crippen LogP contribution in [0.5, 0.6) is 11.5 Å². The molecule has 0 aliphatic heterocycles. The number of phenolic OH excluding ortho intramolecular Hbond substituents is 2. The number of aromatic hydroxyl groups is 2. The third-order valence-corrected chi connectivity index (χ3v) is 2.31. The van der Waals surface area contributed by atoms with Crippen LogP contribution in [0.25, 0.3) is 0 Å². The third kappa shape index (κ3) is 2.45. The van der Waals surface area contributed by atoms with Gasteiger partial charge in [-0.1, -0.05) is 24.3 Å². The van der Waals surface area contributed by atoms with E-state index >= 15 is 0 Å². The first-order valence-corrected chi connectivity index (χ1v) is 5.05. The van der Waals surface area contributed by atoms with E-state index in [9.17, 15) is 5.11 Å². The molecule has 0 heterocycles. The minimum Gasteiger partial charge on any atom is -0.504 e. The van der Waals surface area contributed by atoms with E-state index in [-0.39, 0.29) is 11.5 Å². The summed E-state index contributed by atoms with van der Waals surface area (Å²) in [5, 5.41) is 21.7. The number of nitrogens with one attached hydrogen (secondary N) is 1. The van der Waals surface area contributed by atoms with Crippen molar-refractivity contribution in [2.45, 2.75) is 6.54 Å². The Morgan fingerprint density at radius 2 is 1.62 bits per heavy atom. The lowest BCUT2D eigenvalue weighted by atomic mass is 10.2. The summed E-state index contributed by atoms with van der Waals surface area (Å²) < 4.78 is 0. The maximum absolute atomic E-state index is 9.32. The summed E-state index contributed by atoms with van der Waals surface area (Å²) in [6, 6.07) is 14.6. The van der Waals surface area contributed by atoms with E-state index in [0.717, 1.165) is 11.3 Å². The van der Waals surface area contributed by atoms with Crippen LogP contribution in [-0.2, 0) is 6.54 Å². The molecule has 0 radical (unpaired) electrons. The normalized spacial score (nSPS) is 10.0. The van der Waals surface area contributed by atoms with Gasteiger partial charge in [-0.15, -0.1) is 0 Å². The summed E-state index contributed by atoms with van der Waals surface area (Å²) in [6.45, 7) is 0.609. The van der Waals surface area contributed by atoms with Gasteiger partial charge in [0.2, 0.25) is 0 Å². The smallest absolute Gasteiger partial charge is 0.157 e. The topological polar surface area (TPSA) is 52.5 Å². The van der Waals surface area contributed by atoms with Crippen LogP contribution in [0.4, 0.5) is 5.69 Å². The Morgan fingerprint density at radius 1 is 0.875 bits per heavy atom. The Balaban J connectivity index is 2.03. The molecule has 0 aromatic heterocycles. The number of hydrogen-bond donors (Lipinski definition) is 3. The number of hydrogen-bond acceptors (Lipinski definition) is 3. The lowest BCUT2D eigenvalue weighted by Crippen LogP contribution is -1.98. The molecule has 0 unspecified atom stereocenters. The van der Waals surface area contributed by atoms with E-state index in [0.29, 0.717) is 6.54 Å². The molecule has 0 atom stereocenters. The highest BCUT2D eigenvalue weighted by molar-refractivity contribution is 5.45. The zero-order valence-corrected chi connectivity index (χ0v) is 8.72. The van der Waals surface area contributed by atoms with Crippen molar-refractivity contribution in [3.8, 4) is 11.5 Å². The lowest BCUT2D eigenvalue weighted by molar-refractivity contribution is 0.403. The number of para-hydroxylation sites is 1. The Hall–Kier alpha value is -2.16. The largest absolute Gasteiger partial charge is 0.504 e. The second-order valence-corrected chi connectivity index (χ2v) is 3.54. The van der Waals surface area contributed by atoms with Crippen molar-refractivity contribution in [1.82, 2.24) is 0 Å². The number of anilines is 1. The highest BCUT2D eigenvalue weighted by Gasteiger charge is 2.00. The van der Waals surface area contributed by atoms with E-state index in [1.807, 2.05) is 30.3 Å². The number of rotatable bonds is 3. The van der Waals surface area contributed by atoms with Crippen LogP contribution < -0.4 is 5.32 Å². The lowest BCUT2D eigenvalue weighted by Gasteiger charge is -2.07. The maximum Gasteiger partial charge on any atom is 0.157 e. The maximum atomic E-state index is 9.32. The fourth-order valence-electron chi connectivity index (χ4n) is 1.44. The molecule has 3 N–H and O–H groups in total. The zero-order chi connectivity index (χ0) is 11.4. The predicted octanol–water partition coefficient (Wildman–Crippen LogP) is 2.71. The third-order valence-electron chi connectivity index (χ3n) is 2.31. The predicted molar refractivity (Wildman–Crippen MR) is 63.5 cm³/mol. The molecule has 3 heteroatoms. The first-order chi connectivity index (χ1) is 7.75. The molecule has 82 valence electrons. The van der Waals surface area contributed by atoms with Crippen LogP contribution >= 0.6 is 0 Å². The fraction of sp³-hybridized carbons (Fsp3) is 0.0769. The van der Waals surface area contributed by atoms with Gasteiger partial charge in [0.1, 0.15) is 0 Å². The van der Waals surface area contributed by atoms with Crippen molar-refractivity contribution >= 4 is 5.69 Å². The van der Waals surface area contributed by atoms with E-state index in [1.165, 1.54) is 6.07 Å². The summed E-state index contributed by atoms with van der Waals surface area (Å²) in [6.07, 6.45) is 0. The van der Waals surface area contributed by atoms with Crippen LogP contribution in [-0.4, -0.2) is 10.2 Å². The van der Waals surface area contributed by atoms with Crippen molar-refractivity contribution in [2.75, 3.05) is 5.32 Å². The summed E-state index contributed by atoms with van der Waals surface area (Å²) in [5.41, 5.74) is 1.94. The van der Waals surface area contributed by atoms with Crippen molar-refractivity contribution in [1.29, 1.82) is 0 Å². The molecular weight excluding hydrogens is 202 g/mol. The Labute approximate surface area is 94.0 Å². The van der Waals surface area contributed by atoms with Crippen LogP contribution in [0, 0.1) is 0 Å². The van der Waals surface area contributed by atoms with Crippen LogP contribution in [0.15, 0.2) is 48.5 Å². The van der Waals surface area contributed by atoms with E-state index in [2.05, 4.69) is 5.32 Å². The SMILES string of the molecule is Oc1ccc(CNc2ccccc2)cc1O. The molecule has 16 heavy (non-hydrogen) atoms. The van der Waals surface area contributed by atoms with Gasteiger partial charge in [0.25, 0.3) is 0 Å². The molecule has 0 bridgehead atoms. The molecule has 0 amide bonds. The van der Waals surface area contributed by atoms with Crippen molar-refractivity contribution in [2.24, 2.45) is 0 Å². The van der Waals surface area contributed by atoms with E-state index < -0.39 is 0 Å². The number of benzene rings is 2. The van der Waals surface area contributed by atoms with Gasteiger partial charge in [-0.2, -0.15) is 0 Å². The van der Waals surface area contributed by atoms with Crippen LogP contribution in [0.1, 0.15) is 5.56 Å². The average Bonchev–Trinajstić information content (AvgIpc) is 2.32. The minimum absolute atomic E-state index is 0.0904. The molecule has 0 aliphatic carbocycles. The molecule has 0 saturated carbocycles. The van der Waals surface area contributed by atoms with Crippen LogP contribution in [0.2, 0.25) is 0 Å². The average molecular weight is 215 g/mol. The Bertz CT molecular complexity index is 469. The monoisotopic (exact) mass is 215 g/mol. The standard InChI is InChI=1S/C13H13NO2/c15-12-7-6-10(8-13(12)16)9-14-11-4-2-1-3-5-11/h1-8,14-16H,9H2.